The van der Waals surface area contributed by atoms with Crippen LogP contribution in [0.5, 0.6) is 0 Å². The molecule has 18 heavy (non-hydrogen) atoms. The van der Waals surface area contributed by atoms with Crippen LogP contribution < -0.4 is 10.2 Å². The maximum Gasteiger partial charge on any atom is 0.166 e. The number of hydrogen-bond donors (Lipinski definition) is 1. The largest absolute Gasteiger partial charge is 0.378 e. The first-order valence-electron chi connectivity index (χ1n) is 5.90. The number of anilines is 1. The summed E-state index contributed by atoms with van der Waals surface area (Å²) < 4.78 is 1.99. The van der Waals surface area contributed by atoms with Gasteiger partial charge in [0.15, 0.2) is 5.69 Å². The quantitative estimate of drug-likeness (QED) is 0.871. The summed E-state index contributed by atoms with van der Waals surface area (Å²) in [5.41, 5.74) is 2.43. The molecule has 5 heteroatoms. The molecule has 0 aliphatic carbocycles. The molecule has 1 N–H and O–H groups in total. The summed E-state index contributed by atoms with van der Waals surface area (Å²) >= 11 is 0. The Balaban J connectivity index is 2.54. The minimum Gasteiger partial charge on any atom is -0.378 e. The monoisotopic (exact) mass is 243 g/mol. The zero-order valence-electron chi connectivity index (χ0n) is 10.9. The van der Waals surface area contributed by atoms with E-state index in [1.807, 2.05) is 48.8 Å². The molecule has 0 bridgehead atoms. The first kappa shape index (κ1) is 12.4. The molecule has 2 heterocycles. The van der Waals surface area contributed by atoms with Crippen LogP contribution >= 0.6 is 0 Å². The van der Waals surface area contributed by atoms with Gasteiger partial charge in [0, 0.05) is 38.9 Å². The lowest BCUT2D eigenvalue weighted by atomic mass is 10.3. The van der Waals surface area contributed by atoms with Crippen molar-refractivity contribution in [2.75, 3.05) is 32.6 Å². The van der Waals surface area contributed by atoms with Crippen molar-refractivity contribution in [1.82, 2.24) is 14.7 Å². The smallest absolute Gasteiger partial charge is 0.166 e. The molecule has 2 rings (SSSR count). The maximum atomic E-state index is 9.15. The van der Waals surface area contributed by atoms with Gasteiger partial charge in [-0.25, -0.2) is 4.98 Å². The lowest BCUT2D eigenvalue weighted by molar-refractivity contribution is 0.753. The minimum absolute atomic E-state index is 0.491. The lowest BCUT2D eigenvalue weighted by Crippen LogP contribution is -2.12. The van der Waals surface area contributed by atoms with Gasteiger partial charge >= 0.3 is 0 Å². The highest BCUT2D eigenvalue weighted by molar-refractivity contribution is 5.66. The average Bonchev–Trinajstić information content (AvgIpc) is 2.73. The van der Waals surface area contributed by atoms with E-state index in [9.17, 15) is 0 Å². The first-order valence-corrected chi connectivity index (χ1v) is 5.90. The molecule has 0 amide bonds. The molecule has 0 radical (unpaired) electrons. The molecule has 0 saturated heterocycles. The molecule has 5 nitrogen and oxygen atoms in total. The van der Waals surface area contributed by atoms with Gasteiger partial charge in [-0.3, -0.25) is 0 Å². The molecule has 0 aliphatic rings. The van der Waals surface area contributed by atoms with E-state index < -0.39 is 0 Å². The number of rotatable bonds is 4. The third-order valence-corrected chi connectivity index (χ3v) is 2.92. The number of pyridine rings is 1. The van der Waals surface area contributed by atoms with E-state index in [4.69, 9.17) is 5.26 Å². The van der Waals surface area contributed by atoms with Crippen LogP contribution in [0.3, 0.4) is 0 Å². The second-order valence-corrected chi connectivity index (χ2v) is 4.38. The van der Waals surface area contributed by atoms with Crippen molar-refractivity contribution in [3.63, 3.8) is 0 Å². The van der Waals surface area contributed by atoms with Crippen molar-refractivity contribution in [2.45, 2.75) is 6.42 Å². The normalized spacial score (nSPS) is 10.6. The molecule has 2 aromatic rings. The van der Waals surface area contributed by atoms with Gasteiger partial charge in [0.25, 0.3) is 0 Å². The summed E-state index contributed by atoms with van der Waals surface area (Å²) in [4.78, 5) is 6.40. The Morgan fingerprint density at radius 2 is 2.28 bits per heavy atom. The molecule has 0 saturated carbocycles. The van der Waals surface area contributed by atoms with E-state index in [-0.39, 0.29) is 0 Å². The standard InChI is InChI=1S/C13H17N5/c1-15-6-4-13-16-11(9-14)12-8-10(17(2)3)5-7-18(12)13/h5,7-8,15H,4,6H2,1-3H3. The van der Waals surface area contributed by atoms with Crippen molar-refractivity contribution >= 4 is 11.2 Å². The number of likely N-dealkylation sites (N-methyl/N-ethyl adjacent to an activating group) is 1. The fourth-order valence-electron chi connectivity index (χ4n) is 1.91. The molecule has 2 aromatic heterocycles. The minimum atomic E-state index is 0.491. The molecular weight excluding hydrogens is 226 g/mol. The number of nitrogens with zero attached hydrogens (tertiary/aromatic N) is 4. The second-order valence-electron chi connectivity index (χ2n) is 4.38. The van der Waals surface area contributed by atoms with E-state index in [2.05, 4.69) is 16.4 Å². The van der Waals surface area contributed by atoms with E-state index in [0.717, 1.165) is 30.0 Å². The fourth-order valence-corrected chi connectivity index (χ4v) is 1.91. The van der Waals surface area contributed by atoms with Crippen molar-refractivity contribution in [3.8, 4) is 6.07 Å². The van der Waals surface area contributed by atoms with Gasteiger partial charge in [-0.05, 0) is 19.2 Å². The summed E-state index contributed by atoms with van der Waals surface area (Å²) in [6, 6.07) is 6.18. The topological polar surface area (TPSA) is 56.4 Å². The average molecular weight is 243 g/mol. The van der Waals surface area contributed by atoms with Crippen LogP contribution in [0.25, 0.3) is 5.52 Å². The van der Waals surface area contributed by atoms with Crippen molar-refractivity contribution in [2.24, 2.45) is 0 Å². The van der Waals surface area contributed by atoms with Gasteiger partial charge in [-0.2, -0.15) is 5.26 Å². The molecule has 0 aliphatic heterocycles. The van der Waals surface area contributed by atoms with Gasteiger partial charge < -0.3 is 14.6 Å². The number of hydrogen-bond acceptors (Lipinski definition) is 4. The Morgan fingerprint density at radius 3 is 2.89 bits per heavy atom. The third-order valence-electron chi connectivity index (χ3n) is 2.92. The predicted molar refractivity (Wildman–Crippen MR) is 71.9 cm³/mol. The van der Waals surface area contributed by atoms with Gasteiger partial charge in [-0.1, -0.05) is 0 Å². The van der Waals surface area contributed by atoms with Crippen LogP contribution in [-0.4, -0.2) is 37.1 Å². The van der Waals surface area contributed by atoms with Crippen LogP contribution in [-0.2, 0) is 6.42 Å². The SMILES string of the molecule is CNCCc1nc(C#N)c2cc(N(C)C)ccn12. The van der Waals surface area contributed by atoms with Crippen LogP contribution in [0, 0.1) is 11.3 Å². The fraction of sp³-hybridized carbons (Fsp3) is 0.385. The molecule has 0 spiro atoms. The zero-order valence-corrected chi connectivity index (χ0v) is 10.9. The second kappa shape index (κ2) is 5.07. The van der Waals surface area contributed by atoms with Crippen LogP contribution in [0.2, 0.25) is 0 Å². The molecule has 0 aromatic carbocycles. The van der Waals surface area contributed by atoms with E-state index in [1.54, 1.807) is 0 Å². The first-order chi connectivity index (χ1) is 8.67. The van der Waals surface area contributed by atoms with Crippen molar-refractivity contribution in [3.05, 3.63) is 29.8 Å². The van der Waals surface area contributed by atoms with Crippen LogP contribution in [0.4, 0.5) is 5.69 Å². The highest BCUT2D eigenvalue weighted by Gasteiger charge is 2.11. The summed E-state index contributed by atoms with van der Waals surface area (Å²) in [7, 11) is 5.87. The molecule has 0 atom stereocenters. The summed E-state index contributed by atoms with van der Waals surface area (Å²) in [5.74, 6) is 0.918. The van der Waals surface area contributed by atoms with E-state index in [1.165, 1.54) is 0 Å². The maximum absolute atomic E-state index is 9.15. The van der Waals surface area contributed by atoms with Crippen LogP contribution in [0.1, 0.15) is 11.5 Å². The summed E-state index contributed by atoms with van der Waals surface area (Å²) in [5, 5.41) is 12.2. The van der Waals surface area contributed by atoms with Crippen molar-refractivity contribution < 1.29 is 0 Å². The third kappa shape index (κ3) is 2.15. The van der Waals surface area contributed by atoms with Gasteiger partial charge in [0.05, 0.1) is 5.52 Å². The van der Waals surface area contributed by atoms with Gasteiger partial charge in [0.1, 0.15) is 11.9 Å². The number of nitriles is 1. The Bertz CT molecular complexity index is 591. The van der Waals surface area contributed by atoms with Gasteiger partial charge in [-0.15, -0.1) is 0 Å². The Kier molecular flexibility index (Phi) is 3.49. The Morgan fingerprint density at radius 1 is 1.50 bits per heavy atom. The van der Waals surface area contributed by atoms with Crippen LogP contribution in [0.15, 0.2) is 18.3 Å². The molecule has 0 unspecified atom stereocenters. The highest BCUT2D eigenvalue weighted by Crippen LogP contribution is 2.19. The predicted octanol–water partition coefficient (Wildman–Crippen LogP) is 1.03. The molecule has 0 fully saturated rings. The summed E-state index contributed by atoms with van der Waals surface area (Å²) in [6.07, 6.45) is 2.78. The molecule has 94 valence electrons. The number of fused-ring (bicyclic) bond motifs is 1. The zero-order chi connectivity index (χ0) is 13.1. The summed E-state index contributed by atoms with van der Waals surface area (Å²) in [6.45, 7) is 0.847. The van der Waals surface area contributed by atoms with Crippen molar-refractivity contribution in [1.29, 1.82) is 5.26 Å². The Hall–Kier alpha value is -2.06. The number of imidazole rings is 1. The lowest BCUT2D eigenvalue weighted by Gasteiger charge is -2.12. The Labute approximate surface area is 107 Å². The number of nitrogens with one attached hydrogen (secondary N) is 1. The highest BCUT2D eigenvalue weighted by atomic mass is 15.1. The van der Waals surface area contributed by atoms with E-state index in [0.29, 0.717) is 5.69 Å². The number of aromatic nitrogens is 2. The van der Waals surface area contributed by atoms with Gasteiger partial charge in [0.2, 0.25) is 0 Å². The molecular formula is C13H17N5. The van der Waals surface area contributed by atoms with E-state index >= 15 is 0 Å².